The molecule has 27 heavy (non-hydrogen) atoms. The molecule has 1 amide bonds. The van der Waals surface area contributed by atoms with Crippen LogP contribution < -0.4 is 25.4 Å². The molecule has 3 aromatic rings. The lowest BCUT2D eigenvalue weighted by Gasteiger charge is -2.10. The molecule has 1 aliphatic heterocycles. The molecule has 0 saturated heterocycles. The molecule has 4 rings (SSSR count). The van der Waals surface area contributed by atoms with Crippen LogP contribution in [-0.4, -0.2) is 30.2 Å². The normalized spacial score (nSPS) is 12.5. The van der Waals surface area contributed by atoms with Crippen molar-refractivity contribution in [2.24, 2.45) is 4.99 Å². The van der Waals surface area contributed by atoms with Crippen molar-refractivity contribution < 1.29 is 19.4 Å². The van der Waals surface area contributed by atoms with Gasteiger partial charge in [-0.05, 0) is 18.2 Å². The number of amides is 1. The van der Waals surface area contributed by atoms with E-state index < -0.39 is 0 Å². The Hall–Kier alpha value is -3.39. The quantitative estimate of drug-likeness (QED) is 0.702. The molecule has 1 aromatic heterocycles. The number of aromatic nitrogens is 1. The second-order valence-corrected chi connectivity index (χ2v) is 6.67. The second-order valence-electron chi connectivity index (χ2n) is 5.67. The number of benzene rings is 2. The largest absolute Gasteiger partial charge is 0.497 e. The molecule has 0 aliphatic carbocycles. The Bertz CT molecular complexity index is 1170. The number of aromatic hydroxyl groups is 1. The highest BCUT2D eigenvalue weighted by Crippen LogP contribution is 2.37. The first-order chi connectivity index (χ1) is 13.1. The zero-order valence-corrected chi connectivity index (χ0v) is 15.3. The highest BCUT2D eigenvalue weighted by Gasteiger charge is 2.24. The number of nitrogens with zero attached hydrogens (tertiary/aromatic N) is 2. The Morgan fingerprint density at radius 3 is 2.70 bits per heavy atom. The number of para-hydroxylation sites is 1. The summed E-state index contributed by atoms with van der Waals surface area (Å²) in [6, 6.07) is 12.5. The number of carbonyl (C=O) groups excluding carboxylic acids is 1. The molecule has 0 fully saturated rings. The van der Waals surface area contributed by atoms with Crippen molar-refractivity contribution in [2.45, 2.75) is 0 Å². The Morgan fingerprint density at radius 2 is 1.93 bits per heavy atom. The summed E-state index contributed by atoms with van der Waals surface area (Å²) in [7, 11) is 3.13. The predicted octanol–water partition coefficient (Wildman–Crippen LogP) is 1.97. The minimum absolute atomic E-state index is 0.217. The second kappa shape index (κ2) is 6.73. The lowest BCUT2D eigenvalue weighted by atomic mass is 10.1. The number of hydrogen-bond acceptors (Lipinski definition) is 7. The summed E-state index contributed by atoms with van der Waals surface area (Å²) >= 11 is 1.17. The Balaban J connectivity index is 1.74. The number of fused-ring (bicyclic) bond motifs is 1. The zero-order valence-electron chi connectivity index (χ0n) is 14.5. The first-order valence-corrected chi connectivity index (χ1v) is 8.84. The van der Waals surface area contributed by atoms with Gasteiger partial charge < -0.3 is 19.9 Å². The van der Waals surface area contributed by atoms with Crippen molar-refractivity contribution in [1.82, 2.24) is 4.98 Å². The van der Waals surface area contributed by atoms with Crippen LogP contribution in [0.15, 0.2) is 47.5 Å². The van der Waals surface area contributed by atoms with E-state index in [0.29, 0.717) is 43.3 Å². The molecule has 0 bridgehead atoms. The van der Waals surface area contributed by atoms with Crippen LogP contribution in [-0.2, 0) is 4.79 Å². The zero-order chi connectivity index (χ0) is 19.0. The molecule has 136 valence electrons. The fourth-order valence-corrected chi connectivity index (χ4v) is 3.75. The lowest BCUT2D eigenvalue weighted by molar-refractivity contribution is -0.112. The molecule has 7 nitrogen and oxygen atoms in total. The summed E-state index contributed by atoms with van der Waals surface area (Å²) in [4.78, 5) is 20.9. The standard InChI is InChI=1S/C19H15N3O4S/c1-25-10-7-8-13(14(9-10)26-2)21-19-22-18(24)16(27-19)15-11-5-3-4-6-12(11)20-17(15)23/h3-9,24H,1-2H3,(H,21,22). The van der Waals surface area contributed by atoms with E-state index in [1.807, 2.05) is 12.1 Å². The summed E-state index contributed by atoms with van der Waals surface area (Å²) in [5.41, 5.74) is 1.02. The SMILES string of the molecule is COc1ccc(Nc2nc(O)c(C3=c4ccccc4=NC3=O)s2)c(OC)c1. The van der Waals surface area contributed by atoms with Crippen molar-refractivity contribution in [2.75, 3.05) is 19.5 Å². The molecule has 2 N–H and O–H groups in total. The summed E-state index contributed by atoms with van der Waals surface area (Å²) < 4.78 is 10.5. The van der Waals surface area contributed by atoms with Crippen molar-refractivity contribution >= 4 is 33.6 Å². The van der Waals surface area contributed by atoms with Gasteiger partial charge in [-0.1, -0.05) is 29.5 Å². The number of hydrogen-bond donors (Lipinski definition) is 2. The summed E-state index contributed by atoms with van der Waals surface area (Å²) in [6.45, 7) is 0. The maximum absolute atomic E-state index is 12.3. The first-order valence-electron chi connectivity index (χ1n) is 8.02. The van der Waals surface area contributed by atoms with Crippen LogP contribution in [0, 0.1) is 0 Å². The minimum atomic E-state index is -0.385. The molecular formula is C19H15N3O4S. The molecule has 0 spiro atoms. The Morgan fingerprint density at radius 1 is 1.11 bits per heavy atom. The van der Waals surface area contributed by atoms with Gasteiger partial charge in [0.25, 0.3) is 5.91 Å². The number of ether oxygens (including phenoxy) is 2. The van der Waals surface area contributed by atoms with E-state index >= 15 is 0 Å². The smallest absolute Gasteiger partial charge is 0.279 e. The van der Waals surface area contributed by atoms with Crippen LogP contribution in [0.4, 0.5) is 10.8 Å². The molecule has 0 saturated carbocycles. The van der Waals surface area contributed by atoms with Gasteiger partial charge in [0.2, 0.25) is 5.88 Å². The highest BCUT2D eigenvalue weighted by molar-refractivity contribution is 7.17. The molecule has 8 heteroatoms. The van der Waals surface area contributed by atoms with Crippen LogP contribution in [0.25, 0.3) is 5.57 Å². The third-order valence-electron chi connectivity index (χ3n) is 4.10. The molecule has 2 heterocycles. The van der Waals surface area contributed by atoms with E-state index in [9.17, 15) is 9.90 Å². The van der Waals surface area contributed by atoms with Crippen LogP contribution in [0.2, 0.25) is 0 Å². The lowest BCUT2D eigenvalue weighted by Crippen LogP contribution is -2.22. The average Bonchev–Trinajstić information content (AvgIpc) is 3.20. The van der Waals surface area contributed by atoms with Gasteiger partial charge >= 0.3 is 0 Å². The van der Waals surface area contributed by atoms with Gasteiger partial charge in [-0.15, -0.1) is 0 Å². The maximum atomic E-state index is 12.3. The van der Waals surface area contributed by atoms with E-state index in [0.717, 1.165) is 0 Å². The van der Waals surface area contributed by atoms with Crippen molar-refractivity contribution in [3.8, 4) is 17.4 Å². The maximum Gasteiger partial charge on any atom is 0.279 e. The fraction of sp³-hybridized carbons (Fsp3) is 0.105. The summed E-state index contributed by atoms with van der Waals surface area (Å²) in [5.74, 6) is 0.620. The fourth-order valence-electron chi connectivity index (χ4n) is 2.83. The van der Waals surface area contributed by atoms with E-state index in [1.165, 1.54) is 11.3 Å². The summed E-state index contributed by atoms with van der Waals surface area (Å²) in [5, 5.41) is 15.1. The molecular weight excluding hydrogens is 366 g/mol. The van der Waals surface area contributed by atoms with E-state index in [1.54, 1.807) is 44.6 Å². The van der Waals surface area contributed by atoms with Crippen LogP contribution in [0.5, 0.6) is 17.4 Å². The predicted molar refractivity (Wildman–Crippen MR) is 101 cm³/mol. The average molecular weight is 381 g/mol. The number of nitrogens with one attached hydrogen (secondary N) is 1. The van der Waals surface area contributed by atoms with Gasteiger partial charge in [-0.3, -0.25) is 4.79 Å². The highest BCUT2D eigenvalue weighted by atomic mass is 32.1. The molecule has 0 unspecified atom stereocenters. The number of anilines is 2. The van der Waals surface area contributed by atoms with E-state index in [2.05, 4.69) is 15.3 Å². The molecule has 0 radical (unpaired) electrons. The van der Waals surface area contributed by atoms with Gasteiger partial charge in [-0.25, -0.2) is 4.99 Å². The first kappa shape index (κ1) is 17.0. The van der Waals surface area contributed by atoms with Crippen molar-refractivity contribution in [3.63, 3.8) is 0 Å². The van der Waals surface area contributed by atoms with Crippen LogP contribution >= 0.6 is 11.3 Å². The van der Waals surface area contributed by atoms with Gasteiger partial charge in [0, 0.05) is 11.3 Å². The van der Waals surface area contributed by atoms with E-state index in [-0.39, 0.29) is 11.8 Å². The third-order valence-corrected chi connectivity index (χ3v) is 5.07. The van der Waals surface area contributed by atoms with Gasteiger partial charge in [0.05, 0.1) is 30.8 Å². The number of methoxy groups -OCH3 is 2. The number of carbonyl (C=O) groups is 1. The topological polar surface area (TPSA) is 93.0 Å². The van der Waals surface area contributed by atoms with Crippen LogP contribution in [0.3, 0.4) is 0 Å². The van der Waals surface area contributed by atoms with Crippen LogP contribution in [0.1, 0.15) is 4.88 Å². The van der Waals surface area contributed by atoms with E-state index in [4.69, 9.17) is 9.47 Å². The van der Waals surface area contributed by atoms with Gasteiger partial charge in [-0.2, -0.15) is 4.98 Å². The molecule has 1 aliphatic rings. The van der Waals surface area contributed by atoms with Crippen molar-refractivity contribution in [3.05, 3.63) is 57.9 Å². The Kier molecular flexibility index (Phi) is 4.25. The molecule has 0 atom stereocenters. The third kappa shape index (κ3) is 3.00. The molecule has 2 aromatic carbocycles. The van der Waals surface area contributed by atoms with Crippen molar-refractivity contribution in [1.29, 1.82) is 0 Å². The monoisotopic (exact) mass is 381 g/mol. The number of thiazole rings is 1. The minimum Gasteiger partial charge on any atom is -0.497 e. The number of rotatable bonds is 5. The van der Waals surface area contributed by atoms with Gasteiger partial charge in [0.15, 0.2) is 5.13 Å². The van der Waals surface area contributed by atoms with Gasteiger partial charge in [0.1, 0.15) is 16.4 Å². The summed E-state index contributed by atoms with van der Waals surface area (Å²) in [6.07, 6.45) is 0. The Labute approximate surface area is 158 Å².